The van der Waals surface area contributed by atoms with Gasteiger partial charge in [-0.05, 0) is 43.9 Å². The maximum absolute atomic E-state index is 13.1. The Bertz CT molecular complexity index is 519. The van der Waals surface area contributed by atoms with Crippen molar-refractivity contribution in [2.75, 3.05) is 13.2 Å². The van der Waals surface area contributed by atoms with Gasteiger partial charge < -0.3 is 10.1 Å². The molecular weight excluding hydrogens is 282 g/mol. The van der Waals surface area contributed by atoms with Gasteiger partial charge in [-0.25, -0.2) is 0 Å². The van der Waals surface area contributed by atoms with Gasteiger partial charge in [-0.15, -0.1) is 0 Å². The maximum Gasteiger partial charge on any atom is 0.0691 e. The molecule has 0 amide bonds. The molecule has 0 radical (unpaired) electrons. The Kier molecular flexibility index (Phi) is 4.77. The molecule has 0 aromatic heterocycles. The predicted molar refractivity (Wildman–Crippen MR) is 86.9 cm³/mol. The minimum Gasteiger partial charge on any atom is -0.377 e. The molecule has 0 bridgehead atoms. The molecule has 2 aliphatic rings. The molecule has 5 atom stereocenters. The van der Waals surface area contributed by atoms with Gasteiger partial charge >= 0.3 is 0 Å². The predicted octanol–water partition coefficient (Wildman–Crippen LogP) is 2.58. The lowest BCUT2D eigenvalue weighted by molar-refractivity contribution is 0.126. The van der Waals surface area contributed by atoms with Crippen LogP contribution >= 0.6 is 0 Å². The Morgan fingerprint density at radius 3 is 2.86 bits per heavy atom. The van der Waals surface area contributed by atoms with Crippen molar-refractivity contribution in [2.24, 2.45) is 0 Å². The molecular formula is C17H25NO2S. The van der Waals surface area contributed by atoms with Crippen molar-refractivity contribution < 1.29 is 8.95 Å². The zero-order chi connectivity index (χ0) is 14.8. The second-order valence-electron chi connectivity index (χ2n) is 6.10. The molecule has 3 rings (SSSR count). The summed E-state index contributed by atoms with van der Waals surface area (Å²) in [6.07, 6.45) is 3.08. The van der Waals surface area contributed by atoms with Crippen LogP contribution in [0.2, 0.25) is 0 Å². The Morgan fingerprint density at radius 1 is 1.33 bits per heavy atom. The first-order chi connectivity index (χ1) is 10.2. The zero-order valence-electron chi connectivity index (χ0n) is 12.9. The lowest BCUT2D eigenvalue weighted by atomic mass is 10.1. The molecule has 21 heavy (non-hydrogen) atoms. The van der Waals surface area contributed by atoms with Crippen molar-refractivity contribution in [1.82, 2.24) is 5.32 Å². The number of nitrogens with one attached hydrogen (secondary N) is 1. The number of ether oxygens (including phenoxy) is 1. The molecule has 1 aromatic rings. The van der Waals surface area contributed by atoms with Crippen molar-refractivity contribution >= 4 is 10.8 Å². The van der Waals surface area contributed by atoms with E-state index in [4.69, 9.17) is 4.74 Å². The Hall–Kier alpha value is -0.710. The fourth-order valence-corrected chi connectivity index (χ4v) is 5.65. The molecule has 1 N–H and O–H groups in total. The first kappa shape index (κ1) is 15.2. The van der Waals surface area contributed by atoms with E-state index in [1.54, 1.807) is 0 Å². The molecule has 4 heteroatoms. The van der Waals surface area contributed by atoms with Crippen molar-refractivity contribution in [1.29, 1.82) is 0 Å². The van der Waals surface area contributed by atoms with Gasteiger partial charge in [0.2, 0.25) is 0 Å². The highest BCUT2D eigenvalue weighted by atomic mass is 32.2. The van der Waals surface area contributed by atoms with Gasteiger partial charge in [0, 0.05) is 23.4 Å². The van der Waals surface area contributed by atoms with Crippen LogP contribution in [0.25, 0.3) is 0 Å². The van der Waals surface area contributed by atoms with E-state index in [0.717, 1.165) is 32.4 Å². The second kappa shape index (κ2) is 6.59. The summed E-state index contributed by atoms with van der Waals surface area (Å²) in [6, 6.07) is 8.78. The molecule has 0 spiro atoms. The summed E-state index contributed by atoms with van der Waals surface area (Å²) >= 11 is 0. The van der Waals surface area contributed by atoms with Gasteiger partial charge in [-0.1, -0.05) is 31.2 Å². The van der Waals surface area contributed by atoms with E-state index in [-0.39, 0.29) is 22.6 Å². The van der Waals surface area contributed by atoms with E-state index in [1.165, 1.54) is 11.1 Å². The minimum absolute atomic E-state index is 0.126. The first-order valence-electron chi connectivity index (χ1n) is 8.04. The topological polar surface area (TPSA) is 38.3 Å². The largest absolute Gasteiger partial charge is 0.377 e. The van der Waals surface area contributed by atoms with Crippen molar-refractivity contribution in [3.05, 3.63) is 35.4 Å². The van der Waals surface area contributed by atoms with Gasteiger partial charge in [0.25, 0.3) is 0 Å². The number of benzene rings is 1. The summed E-state index contributed by atoms with van der Waals surface area (Å²) in [6.45, 7) is 5.96. The summed E-state index contributed by atoms with van der Waals surface area (Å²) in [5, 5.41) is 4.00. The monoisotopic (exact) mass is 307 g/mol. The fraction of sp³-hybridized carbons (Fsp3) is 0.647. The molecule has 1 fully saturated rings. The highest BCUT2D eigenvalue weighted by molar-refractivity contribution is 7.86. The van der Waals surface area contributed by atoms with E-state index in [9.17, 15) is 4.21 Å². The number of hydrogen-bond acceptors (Lipinski definition) is 3. The van der Waals surface area contributed by atoms with Crippen molar-refractivity contribution in [2.45, 2.75) is 55.8 Å². The molecule has 1 heterocycles. The van der Waals surface area contributed by atoms with E-state index in [0.29, 0.717) is 0 Å². The highest BCUT2D eigenvalue weighted by Gasteiger charge is 2.41. The summed E-state index contributed by atoms with van der Waals surface area (Å²) in [5.74, 6) is 0. The van der Waals surface area contributed by atoms with E-state index < -0.39 is 10.8 Å². The number of fused-ring (bicyclic) bond motifs is 1. The molecule has 5 unspecified atom stereocenters. The third-order valence-electron chi connectivity index (χ3n) is 4.70. The zero-order valence-corrected chi connectivity index (χ0v) is 13.7. The van der Waals surface area contributed by atoms with Crippen LogP contribution in [-0.2, 0) is 22.0 Å². The average molecular weight is 307 g/mol. The van der Waals surface area contributed by atoms with Crippen LogP contribution in [0, 0.1) is 0 Å². The van der Waals surface area contributed by atoms with Crippen LogP contribution in [0.5, 0.6) is 0 Å². The molecule has 1 aliphatic heterocycles. The van der Waals surface area contributed by atoms with E-state index in [2.05, 4.69) is 43.4 Å². The van der Waals surface area contributed by atoms with Gasteiger partial charge in [0.1, 0.15) is 0 Å². The molecule has 3 nitrogen and oxygen atoms in total. The number of rotatable bonds is 5. The lowest BCUT2D eigenvalue weighted by Gasteiger charge is -2.25. The maximum atomic E-state index is 13.1. The van der Waals surface area contributed by atoms with E-state index in [1.807, 2.05) is 0 Å². The molecule has 1 aromatic carbocycles. The van der Waals surface area contributed by atoms with E-state index >= 15 is 0 Å². The normalized spacial score (nSPS) is 33.0. The summed E-state index contributed by atoms with van der Waals surface area (Å²) in [5.41, 5.74) is 2.70. The van der Waals surface area contributed by atoms with Crippen LogP contribution in [-0.4, -0.2) is 34.0 Å². The summed E-state index contributed by atoms with van der Waals surface area (Å²) in [4.78, 5) is 0. The second-order valence-corrected chi connectivity index (χ2v) is 7.97. The van der Waals surface area contributed by atoms with Gasteiger partial charge in [-0.3, -0.25) is 4.21 Å². The quantitative estimate of drug-likeness (QED) is 0.908. The van der Waals surface area contributed by atoms with Crippen molar-refractivity contribution in [3.8, 4) is 0 Å². The van der Waals surface area contributed by atoms with Crippen LogP contribution < -0.4 is 5.32 Å². The Balaban J connectivity index is 1.82. The van der Waals surface area contributed by atoms with Crippen LogP contribution in [0.3, 0.4) is 0 Å². The third kappa shape index (κ3) is 2.94. The Labute approximate surface area is 129 Å². The van der Waals surface area contributed by atoms with Crippen molar-refractivity contribution in [3.63, 3.8) is 0 Å². The SMILES string of the molecule is CCCNC1c2ccccc2CC1S(=O)C1CCOC1C. The third-order valence-corrected chi connectivity index (χ3v) is 6.95. The molecule has 1 aliphatic carbocycles. The fourth-order valence-electron chi connectivity index (χ4n) is 3.56. The lowest BCUT2D eigenvalue weighted by Crippen LogP contribution is -2.38. The summed E-state index contributed by atoms with van der Waals surface area (Å²) in [7, 11) is -0.848. The van der Waals surface area contributed by atoms with Gasteiger partial charge in [0.05, 0.1) is 16.6 Å². The number of hydrogen-bond donors (Lipinski definition) is 1. The first-order valence-corrected chi connectivity index (χ1v) is 9.32. The summed E-state index contributed by atoms with van der Waals surface area (Å²) < 4.78 is 18.7. The van der Waals surface area contributed by atoms with Gasteiger partial charge in [0.15, 0.2) is 0 Å². The van der Waals surface area contributed by atoms with Crippen LogP contribution in [0.1, 0.15) is 43.9 Å². The smallest absolute Gasteiger partial charge is 0.0691 e. The Morgan fingerprint density at radius 2 is 2.14 bits per heavy atom. The van der Waals surface area contributed by atoms with Crippen LogP contribution in [0.15, 0.2) is 24.3 Å². The molecule has 0 saturated carbocycles. The minimum atomic E-state index is -0.848. The standard InChI is InChI=1S/C17H25NO2S/c1-3-9-18-17-14-7-5-4-6-13(14)11-16(17)21(19)15-8-10-20-12(15)2/h4-7,12,15-18H,3,8-11H2,1-2H3. The molecule has 116 valence electrons. The molecule has 1 saturated heterocycles. The van der Waals surface area contributed by atoms with Gasteiger partial charge in [-0.2, -0.15) is 0 Å². The average Bonchev–Trinajstić information content (AvgIpc) is 3.08. The highest BCUT2D eigenvalue weighted by Crippen LogP contribution is 2.37. The van der Waals surface area contributed by atoms with Crippen LogP contribution in [0.4, 0.5) is 0 Å².